The second-order valence-electron chi connectivity index (χ2n) is 5.82. The highest BCUT2D eigenvalue weighted by atomic mass is 35.5. The summed E-state index contributed by atoms with van der Waals surface area (Å²) in [7, 11) is 0. The first-order valence-electron chi connectivity index (χ1n) is 8.01. The molecular formula is C19H17ClN2O4. The minimum absolute atomic E-state index is 0.274. The number of para-hydroxylation sites is 1. The van der Waals surface area contributed by atoms with Crippen molar-refractivity contribution in [3.8, 4) is 5.75 Å². The van der Waals surface area contributed by atoms with E-state index < -0.39 is 12.1 Å². The molecule has 0 radical (unpaired) electrons. The Kier molecular flexibility index (Phi) is 5.23. The van der Waals surface area contributed by atoms with Gasteiger partial charge in [-0.25, -0.2) is 9.78 Å². The topological polar surface area (TPSA) is 81.3 Å². The summed E-state index contributed by atoms with van der Waals surface area (Å²) in [6, 6.07) is 12.2. The minimum Gasteiger partial charge on any atom is -0.480 e. The maximum atomic E-state index is 12.1. The second-order valence-corrected chi connectivity index (χ2v) is 6.23. The summed E-state index contributed by atoms with van der Waals surface area (Å²) in [4.78, 5) is 31.1. The Balaban J connectivity index is 1.67. The van der Waals surface area contributed by atoms with Crippen LogP contribution in [0, 0.1) is 6.92 Å². The van der Waals surface area contributed by atoms with Gasteiger partial charge >= 0.3 is 5.97 Å². The van der Waals surface area contributed by atoms with Crippen molar-refractivity contribution >= 4 is 28.5 Å². The molecule has 0 unspecified atom stereocenters. The normalized spacial score (nSPS) is 12.0. The predicted octanol–water partition coefficient (Wildman–Crippen LogP) is 3.57. The quantitative estimate of drug-likeness (QED) is 0.692. The molecule has 134 valence electrons. The van der Waals surface area contributed by atoms with Gasteiger partial charge in [-0.15, -0.1) is 0 Å². The summed E-state index contributed by atoms with van der Waals surface area (Å²) in [6.45, 7) is 3.22. The lowest BCUT2D eigenvalue weighted by molar-refractivity contribution is -0.151. The van der Waals surface area contributed by atoms with Gasteiger partial charge in [0.25, 0.3) is 5.56 Å². The van der Waals surface area contributed by atoms with Crippen molar-refractivity contribution in [1.82, 2.24) is 9.97 Å². The molecule has 1 aromatic heterocycles. The van der Waals surface area contributed by atoms with Gasteiger partial charge in [0.15, 0.2) is 18.5 Å². The fourth-order valence-electron chi connectivity index (χ4n) is 2.44. The van der Waals surface area contributed by atoms with Crippen LogP contribution >= 0.6 is 11.6 Å². The third kappa shape index (κ3) is 4.03. The van der Waals surface area contributed by atoms with E-state index in [1.165, 1.54) is 0 Å². The van der Waals surface area contributed by atoms with E-state index >= 15 is 0 Å². The van der Waals surface area contributed by atoms with Gasteiger partial charge < -0.3 is 14.5 Å². The van der Waals surface area contributed by atoms with Crippen LogP contribution in [0.2, 0.25) is 5.02 Å². The first-order valence-corrected chi connectivity index (χ1v) is 8.39. The van der Waals surface area contributed by atoms with Gasteiger partial charge in [0, 0.05) is 0 Å². The Hall–Kier alpha value is -2.86. The molecular weight excluding hydrogens is 356 g/mol. The zero-order valence-corrected chi connectivity index (χ0v) is 15.0. The van der Waals surface area contributed by atoms with Crippen molar-refractivity contribution in [3.63, 3.8) is 0 Å². The van der Waals surface area contributed by atoms with Crippen molar-refractivity contribution in [2.24, 2.45) is 0 Å². The summed E-state index contributed by atoms with van der Waals surface area (Å²) in [5.41, 5.74) is 1.22. The molecule has 0 saturated carbocycles. The number of fused-ring (bicyclic) bond motifs is 1. The van der Waals surface area contributed by atoms with E-state index in [1.54, 1.807) is 43.3 Å². The number of carbonyl (C=O) groups excluding carboxylic acids is 1. The van der Waals surface area contributed by atoms with Crippen LogP contribution in [-0.4, -0.2) is 22.5 Å². The zero-order chi connectivity index (χ0) is 18.7. The number of esters is 1. The SMILES string of the molecule is Cc1ccc(Cl)c(OCC(=O)O[C@H](C)c2nc3ccccc3c(=O)[nH]2)c1. The monoisotopic (exact) mass is 372 g/mol. The van der Waals surface area contributed by atoms with Gasteiger partial charge in [0.05, 0.1) is 15.9 Å². The summed E-state index contributed by atoms with van der Waals surface area (Å²) < 4.78 is 10.7. The van der Waals surface area contributed by atoms with Crippen LogP contribution in [0.4, 0.5) is 0 Å². The van der Waals surface area contributed by atoms with Crippen molar-refractivity contribution < 1.29 is 14.3 Å². The van der Waals surface area contributed by atoms with Crippen molar-refractivity contribution in [1.29, 1.82) is 0 Å². The fraction of sp³-hybridized carbons (Fsp3) is 0.211. The Morgan fingerprint density at radius 1 is 1.27 bits per heavy atom. The molecule has 0 aliphatic carbocycles. The molecule has 2 aromatic carbocycles. The van der Waals surface area contributed by atoms with Gasteiger partial charge in [0.1, 0.15) is 5.75 Å². The molecule has 6 nitrogen and oxygen atoms in total. The van der Waals surface area contributed by atoms with Crippen molar-refractivity contribution in [2.45, 2.75) is 20.0 Å². The van der Waals surface area contributed by atoms with Crippen LogP contribution in [0.3, 0.4) is 0 Å². The van der Waals surface area contributed by atoms with Gasteiger partial charge in [-0.3, -0.25) is 4.79 Å². The molecule has 26 heavy (non-hydrogen) atoms. The Morgan fingerprint density at radius 2 is 2.04 bits per heavy atom. The van der Waals surface area contributed by atoms with Gasteiger partial charge in [-0.2, -0.15) is 0 Å². The Morgan fingerprint density at radius 3 is 2.85 bits per heavy atom. The summed E-state index contributed by atoms with van der Waals surface area (Å²) >= 11 is 6.03. The van der Waals surface area contributed by atoms with E-state index in [4.69, 9.17) is 21.1 Å². The minimum atomic E-state index is -0.726. The molecule has 0 amide bonds. The molecule has 1 atom stereocenters. The van der Waals surface area contributed by atoms with Gasteiger partial charge in [0.2, 0.25) is 0 Å². The number of H-pyrrole nitrogens is 1. The Labute approximate surface area is 154 Å². The van der Waals surface area contributed by atoms with Gasteiger partial charge in [-0.05, 0) is 43.7 Å². The van der Waals surface area contributed by atoms with Crippen LogP contribution in [0.1, 0.15) is 24.4 Å². The number of aryl methyl sites for hydroxylation is 1. The molecule has 3 aromatic rings. The van der Waals surface area contributed by atoms with E-state index in [2.05, 4.69) is 9.97 Å². The highest BCUT2D eigenvalue weighted by Crippen LogP contribution is 2.25. The first-order chi connectivity index (χ1) is 12.4. The van der Waals surface area contributed by atoms with Crippen molar-refractivity contribution in [2.75, 3.05) is 6.61 Å². The third-order valence-electron chi connectivity index (χ3n) is 3.76. The van der Waals surface area contributed by atoms with Crippen LogP contribution in [0.5, 0.6) is 5.75 Å². The lowest BCUT2D eigenvalue weighted by Crippen LogP contribution is -2.20. The lowest BCUT2D eigenvalue weighted by Gasteiger charge is -2.14. The van der Waals surface area contributed by atoms with Crippen LogP contribution in [-0.2, 0) is 9.53 Å². The molecule has 0 bridgehead atoms. The van der Waals surface area contributed by atoms with Crippen LogP contribution < -0.4 is 10.3 Å². The maximum absolute atomic E-state index is 12.1. The number of hydrogen-bond donors (Lipinski definition) is 1. The molecule has 0 spiro atoms. The second kappa shape index (κ2) is 7.58. The number of hydrogen-bond acceptors (Lipinski definition) is 5. The number of aromatic nitrogens is 2. The summed E-state index contributed by atoms with van der Waals surface area (Å²) in [5.74, 6) is 0.0926. The number of rotatable bonds is 5. The van der Waals surface area contributed by atoms with E-state index in [0.29, 0.717) is 21.7 Å². The summed E-state index contributed by atoms with van der Waals surface area (Å²) in [6.07, 6.45) is -0.726. The number of halogens is 1. The number of ether oxygens (including phenoxy) is 2. The predicted molar refractivity (Wildman–Crippen MR) is 98.6 cm³/mol. The van der Waals surface area contributed by atoms with E-state index in [-0.39, 0.29) is 18.0 Å². The average molecular weight is 373 g/mol. The largest absolute Gasteiger partial charge is 0.480 e. The molecule has 7 heteroatoms. The number of nitrogens with zero attached hydrogens (tertiary/aromatic N) is 1. The molecule has 0 fully saturated rings. The Bertz CT molecular complexity index is 1020. The highest BCUT2D eigenvalue weighted by molar-refractivity contribution is 6.32. The van der Waals surface area contributed by atoms with Crippen LogP contribution in [0.15, 0.2) is 47.3 Å². The number of nitrogens with one attached hydrogen (secondary N) is 1. The molecule has 1 N–H and O–H groups in total. The number of benzene rings is 2. The first kappa shape index (κ1) is 17.9. The van der Waals surface area contributed by atoms with E-state index in [0.717, 1.165) is 5.56 Å². The van der Waals surface area contributed by atoms with Crippen LogP contribution in [0.25, 0.3) is 10.9 Å². The molecule has 0 aliphatic rings. The maximum Gasteiger partial charge on any atom is 0.344 e. The van der Waals surface area contributed by atoms with E-state index in [9.17, 15) is 9.59 Å². The smallest absolute Gasteiger partial charge is 0.344 e. The summed E-state index contributed by atoms with van der Waals surface area (Å²) in [5, 5.41) is 0.893. The van der Waals surface area contributed by atoms with E-state index in [1.807, 2.05) is 13.0 Å². The molecule has 0 aliphatic heterocycles. The highest BCUT2D eigenvalue weighted by Gasteiger charge is 2.16. The van der Waals surface area contributed by atoms with Gasteiger partial charge in [-0.1, -0.05) is 29.8 Å². The zero-order valence-electron chi connectivity index (χ0n) is 14.3. The number of carbonyl (C=O) groups is 1. The van der Waals surface area contributed by atoms with Crippen molar-refractivity contribution in [3.05, 3.63) is 69.2 Å². The fourth-order valence-corrected chi connectivity index (χ4v) is 2.61. The lowest BCUT2D eigenvalue weighted by atomic mass is 10.2. The standard InChI is InChI=1S/C19H17ClN2O4/c1-11-7-8-14(20)16(9-11)25-10-17(23)26-12(2)18-21-15-6-4-3-5-13(15)19(24)22-18/h3-9,12H,10H2,1-2H3,(H,21,22,24)/t12-/m1/s1. The third-order valence-corrected chi connectivity index (χ3v) is 4.07. The molecule has 0 saturated heterocycles. The molecule has 1 heterocycles. The number of aromatic amines is 1. The molecule has 3 rings (SSSR count). The average Bonchev–Trinajstić information content (AvgIpc) is 2.62.